The van der Waals surface area contributed by atoms with Gasteiger partial charge in [-0.25, -0.2) is 0 Å². The Bertz CT molecular complexity index is 997. The molecule has 0 atom stereocenters. The summed E-state index contributed by atoms with van der Waals surface area (Å²) in [6.45, 7) is 1.89. The van der Waals surface area contributed by atoms with E-state index in [0.29, 0.717) is 11.4 Å². The van der Waals surface area contributed by atoms with Gasteiger partial charge in [-0.1, -0.05) is 18.2 Å². The molecule has 5 heteroatoms. The molecule has 0 spiro atoms. The first-order valence-electron chi connectivity index (χ1n) is 6.95. The van der Waals surface area contributed by atoms with E-state index < -0.39 is 0 Å². The molecule has 2 aromatic heterocycles. The Labute approximate surface area is 125 Å². The number of hydrogen-bond acceptors (Lipinski definition) is 3. The third-order valence-corrected chi connectivity index (χ3v) is 3.75. The molecule has 2 heterocycles. The lowest BCUT2D eigenvalue weighted by Crippen LogP contribution is -2.11. The monoisotopic (exact) mass is 291 g/mol. The summed E-state index contributed by atoms with van der Waals surface area (Å²) in [6.07, 6.45) is 1.72. The largest absolute Gasteiger partial charge is 0.451 e. The zero-order chi connectivity index (χ0) is 15.1. The van der Waals surface area contributed by atoms with Crippen LogP contribution in [0.5, 0.6) is 0 Å². The number of carbonyl (C=O) groups is 1. The van der Waals surface area contributed by atoms with Crippen LogP contribution in [0.1, 0.15) is 16.1 Å². The SMILES string of the molecule is Cc1c(C(=O)Nc2ccc3[nH]ncc3c2)oc2ccccc12. The van der Waals surface area contributed by atoms with Crippen LogP contribution in [0.4, 0.5) is 5.69 Å². The quantitative estimate of drug-likeness (QED) is 0.589. The van der Waals surface area contributed by atoms with E-state index >= 15 is 0 Å². The number of aryl methyl sites for hydroxylation is 1. The van der Waals surface area contributed by atoms with Gasteiger partial charge in [0.2, 0.25) is 0 Å². The van der Waals surface area contributed by atoms with E-state index in [-0.39, 0.29) is 5.91 Å². The van der Waals surface area contributed by atoms with Crippen molar-refractivity contribution < 1.29 is 9.21 Å². The molecular formula is C17H13N3O2. The van der Waals surface area contributed by atoms with E-state index in [4.69, 9.17) is 4.42 Å². The van der Waals surface area contributed by atoms with Crippen molar-refractivity contribution in [3.8, 4) is 0 Å². The molecule has 1 amide bonds. The minimum atomic E-state index is -0.253. The molecule has 0 aliphatic heterocycles. The lowest BCUT2D eigenvalue weighted by atomic mass is 10.1. The fraction of sp³-hybridized carbons (Fsp3) is 0.0588. The van der Waals surface area contributed by atoms with Gasteiger partial charge in [0.05, 0.1) is 11.7 Å². The second kappa shape index (κ2) is 4.73. The van der Waals surface area contributed by atoms with Gasteiger partial charge < -0.3 is 9.73 Å². The maximum atomic E-state index is 12.5. The molecule has 2 aromatic carbocycles. The number of nitrogens with one attached hydrogen (secondary N) is 2. The van der Waals surface area contributed by atoms with Gasteiger partial charge in [0.15, 0.2) is 5.76 Å². The Balaban J connectivity index is 1.69. The number of fused-ring (bicyclic) bond motifs is 2. The van der Waals surface area contributed by atoms with Gasteiger partial charge >= 0.3 is 0 Å². The van der Waals surface area contributed by atoms with Crippen LogP contribution in [-0.2, 0) is 0 Å². The summed E-state index contributed by atoms with van der Waals surface area (Å²) in [5, 5.41) is 11.6. The van der Waals surface area contributed by atoms with Gasteiger partial charge in [-0.05, 0) is 31.2 Å². The molecule has 0 radical (unpaired) electrons. The summed E-state index contributed by atoms with van der Waals surface area (Å²) >= 11 is 0. The average Bonchev–Trinajstić information content (AvgIpc) is 3.12. The molecule has 0 bridgehead atoms. The summed E-state index contributed by atoms with van der Waals surface area (Å²) in [4.78, 5) is 12.5. The summed E-state index contributed by atoms with van der Waals surface area (Å²) in [5.41, 5.74) is 3.20. The third-order valence-electron chi connectivity index (χ3n) is 3.75. The topological polar surface area (TPSA) is 70.9 Å². The molecular weight excluding hydrogens is 278 g/mol. The van der Waals surface area contributed by atoms with E-state index in [0.717, 1.165) is 27.4 Å². The number of anilines is 1. The number of benzene rings is 2. The van der Waals surface area contributed by atoms with Crippen LogP contribution in [0.3, 0.4) is 0 Å². The highest BCUT2D eigenvalue weighted by Crippen LogP contribution is 2.26. The molecule has 0 saturated heterocycles. The predicted molar refractivity (Wildman–Crippen MR) is 85.0 cm³/mol. The van der Waals surface area contributed by atoms with Gasteiger partial charge in [0.25, 0.3) is 5.91 Å². The first-order valence-corrected chi connectivity index (χ1v) is 6.95. The number of para-hydroxylation sites is 1. The summed E-state index contributed by atoms with van der Waals surface area (Å²) in [6, 6.07) is 13.2. The summed E-state index contributed by atoms with van der Waals surface area (Å²) in [5.74, 6) is 0.0880. The van der Waals surface area contributed by atoms with Gasteiger partial charge in [-0.3, -0.25) is 9.89 Å². The number of hydrogen-bond donors (Lipinski definition) is 2. The number of H-pyrrole nitrogens is 1. The number of rotatable bonds is 2. The number of furan rings is 1. The van der Waals surface area contributed by atoms with Crippen LogP contribution in [0.25, 0.3) is 21.9 Å². The lowest BCUT2D eigenvalue weighted by Gasteiger charge is -2.03. The first kappa shape index (κ1) is 12.6. The van der Waals surface area contributed by atoms with Crippen LogP contribution in [-0.4, -0.2) is 16.1 Å². The van der Waals surface area contributed by atoms with E-state index in [9.17, 15) is 4.79 Å². The van der Waals surface area contributed by atoms with E-state index in [1.165, 1.54) is 0 Å². The molecule has 0 fully saturated rings. The Morgan fingerprint density at radius 1 is 1.23 bits per heavy atom. The van der Waals surface area contributed by atoms with Crippen LogP contribution >= 0.6 is 0 Å². The van der Waals surface area contributed by atoms with Crippen molar-refractivity contribution >= 4 is 33.5 Å². The van der Waals surface area contributed by atoms with E-state index in [2.05, 4.69) is 15.5 Å². The number of aromatic nitrogens is 2. The Morgan fingerprint density at radius 2 is 2.09 bits per heavy atom. The van der Waals surface area contributed by atoms with Gasteiger partial charge in [-0.15, -0.1) is 0 Å². The van der Waals surface area contributed by atoms with Crippen molar-refractivity contribution in [3.05, 3.63) is 60.0 Å². The summed E-state index contributed by atoms with van der Waals surface area (Å²) in [7, 11) is 0. The highest BCUT2D eigenvalue weighted by Gasteiger charge is 2.17. The summed E-state index contributed by atoms with van der Waals surface area (Å²) < 4.78 is 5.67. The average molecular weight is 291 g/mol. The van der Waals surface area contributed by atoms with Crippen molar-refractivity contribution in [1.82, 2.24) is 10.2 Å². The van der Waals surface area contributed by atoms with Gasteiger partial charge in [0, 0.05) is 22.0 Å². The van der Waals surface area contributed by atoms with Gasteiger partial charge in [0.1, 0.15) is 5.58 Å². The molecule has 0 unspecified atom stereocenters. The molecule has 4 rings (SSSR count). The van der Waals surface area contributed by atoms with Crippen molar-refractivity contribution in [3.63, 3.8) is 0 Å². The Kier molecular flexibility index (Phi) is 2.72. The molecule has 5 nitrogen and oxygen atoms in total. The Hall–Kier alpha value is -3.08. The van der Waals surface area contributed by atoms with Crippen LogP contribution in [0.15, 0.2) is 53.1 Å². The highest BCUT2D eigenvalue weighted by atomic mass is 16.3. The van der Waals surface area contributed by atoms with Crippen LogP contribution < -0.4 is 5.32 Å². The first-order chi connectivity index (χ1) is 10.7. The molecule has 0 saturated carbocycles. The maximum absolute atomic E-state index is 12.5. The maximum Gasteiger partial charge on any atom is 0.291 e. The fourth-order valence-electron chi connectivity index (χ4n) is 2.60. The minimum absolute atomic E-state index is 0.253. The van der Waals surface area contributed by atoms with E-state index in [1.807, 2.05) is 49.4 Å². The minimum Gasteiger partial charge on any atom is -0.451 e. The van der Waals surface area contributed by atoms with Crippen LogP contribution in [0, 0.1) is 6.92 Å². The molecule has 108 valence electrons. The number of nitrogens with zero attached hydrogens (tertiary/aromatic N) is 1. The zero-order valence-electron chi connectivity index (χ0n) is 11.9. The normalized spacial score (nSPS) is 11.1. The van der Waals surface area contributed by atoms with Crippen molar-refractivity contribution in [2.24, 2.45) is 0 Å². The number of amides is 1. The third kappa shape index (κ3) is 1.95. The highest BCUT2D eigenvalue weighted by molar-refractivity contribution is 6.07. The standard InChI is InChI=1S/C17H13N3O2/c1-10-13-4-2-3-5-15(13)22-16(10)17(21)19-12-6-7-14-11(8-12)9-18-20-14/h2-9H,1H3,(H,18,20)(H,19,21). The lowest BCUT2D eigenvalue weighted by molar-refractivity contribution is 0.0998. The number of carbonyl (C=O) groups excluding carboxylic acids is 1. The van der Waals surface area contributed by atoms with E-state index in [1.54, 1.807) is 6.20 Å². The van der Waals surface area contributed by atoms with Gasteiger partial charge in [-0.2, -0.15) is 5.10 Å². The molecule has 2 N–H and O–H groups in total. The van der Waals surface area contributed by atoms with Crippen LogP contribution in [0.2, 0.25) is 0 Å². The smallest absolute Gasteiger partial charge is 0.291 e. The van der Waals surface area contributed by atoms with Crippen molar-refractivity contribution in [2.45, 2.75) is 6.92 Å². The van der Waals surface area contributed by atoms with Crippen molar-refractivity contribution in [2.75, 3.05) is 5.32 Å². The second-order valence-electron chi connectivity index (χ2n) is 5.18. The molecule has 0 aliphatic carbocycles. The Morgan fingerprint density at radius 3 is 2.95 bits per heavy atom. The molecule has 4 aromatic rings. The molecule has 22 heavy (non-hydrogen) atoms. The predicted octanol–water partition coefficient (Wildman–Crippen LogP) is 3.87. The fourth-order valence-corrected chi connectivity index (χ4v) is 2.60. The molecule has 0 aliphatic rings. The van der Waals surface area contributed by atoms with Crippen molar-refractivity contribution in [1.29, 1.82) is 0 Å². The second-order valence-corrected chi connectivity index (χ2v) is 5.18. The number of aromatic amines is 1. The zero-order valence-corrected chi connectivity index (χ0v) is 11.9.